The summed E-state index contributed by atoms with van der Waals surface area (Å²) >= 11 is 13.0. The molecule has 2 rings (SSSR count). The molecule has 0 radical (unpaired) electrons. The number of ether oxygens (including phenoxy) is 1. The average Bonchev–Trinajstić information content (AvgIpc) is 3.03. The van der Waals surface area contributed by atoms with Gasteiger partial charge in [0, 0.05) is 24.7 Å². The molecule has 0 fully saturated rings. The second-order valence-corrected chi connectivity index (χ2v) is 6.66. The molecule has 7 nitrogen and oxygen atoms in total. The maximum atomic E-state index is 12.5. The van der Waals surface area contributed by atoms with E-state index in [2.05, 4.69) is 10.3 Å². The molecule has 2 amide bonds. The number of carbonyl (C=O) groups is 2. The number of nitrogens with zero attached hydrogens (tertiary/aromatic N) is 2. The van der Waals surface area contributed by atoms with Crippen LogP contribution in [0.4, 0.5) is 10.5 Å². The Balaban J connectivity index is 2.10. The van der Waals surface area contributed by atoms with E-state index in [1.54, 1.807) is 18.2 Å². The van der Waals surface area contributed by atoms with E-state index in [0.29, 0.717) is 33.9 Å². The molecule has 0 saturated heterocycles. The van der Waals surface area contributed by atoms with Gasteiger partial charge in [0.05, 0.1) is 23.2 Å². The first-order valence-corrected chi connectivity index (χ1v) is 8.72. The number of rotatable bonds is 7. The number of nitrogens with one attached hydrogen (secondary N) is 1. The van der Waals surface area contributed by atoms with E-state index >= 15 is 0 Å². The second-order valence-electron chi connectivity index (χ2n) is 4.91. The number of aromatic carboxylic acids is 1. The first-order chi connectivity index (χ1) is 11.9. The van der Waals surface area contributed by atoms with Crippen LogP contribution in [-0.4, -0.2) is 47.3 Å². The molecule has 0 spiro atoms. The van der Waals surface area contributed by atoms with E-state index in [1.165, 1.54) is 28.7 Å². The summed E-state index contributed by atoms with van der Waals surface area (Å²) < 4.78 is 5.02. The van der Waals surface area contributed by atoms with Gasteiger partial charge >= 0.3 is 12.0 Å². The van der Waals surface area contributed by atoms with Crippen molar-refractivity contribution in [3.8, 4) is 0 Å². The molecule has 2 N–H and O–H groups in total. The van der Waals surface area contributed by atoms with Crippen molar-refractivity contribution in [3.05, 3.63) is 44.3 Å². The molecule has 0 aliphatic heterocycles. The van der Waals surface area contributed by atoms with Crippen LogP contribution in [0, 0.1) is 0 Å². The Kier molecular flexibility index (Phi) is 7.01. The molecule has 2 aromatic rings. The molecule has 0 atom stereocenters. The minimum absolute atomic E-state index is 0.0448. The number of anilines is 1. The van der Waals surface area contributed by atoms with Crippen molar-refractivity contribution in [2.24, 2.45) is 0 Å². The van der Waals surface area contributed by atoms with Crippen molar-refractivity contribution in [2.45, 2.75) is 6.54 Å². The number of amides is 2. The zero-order valence-electron chi connectivity index (χ0n) is 13.2. The molecule has 0 aliphatic carbocycles. The summed E-state index contributed by atoms with van der Waals surface area (Å²) in [6, 6.07) is 4.37. The highest BCUT2D eigenvalue weighted by molar-refractivity contribution is 7.09. The summed E-state index contributed by atoms with van der Waals surface area (Å²) in [5, 5.41) is 14.3. The molecule has 25 heavy (non-hydrogen) atoms. The van der Waals surface area contributed by atoms with Gasteiger partial charge in [-0.3, -0.25) is 0 Å². The zero-order valence-corrected chi connectivity index (χ0v) is 15.5. The third kappa shape index (κ3) is 5.57. The number of hydrogen-bond acceptors (Lipinski definition) is 5. The van der Waals surface area contributed by atoms with Crippen LogP contribution in [-0.2, 0) is 11.3 Å². The van der Waals surface area contributed by atoms with E-state index in [1.807, 2.05) is 0 Å². The molecular weight excluding hydrogens is 389 g/mol. The van der Waals surface area contributed by atoms with E-state index in [-0.39, 0.29) is 18.3 Å². The third-order valence-corrected chi connectivity index (χ3v) is 4.69. The average molecular weight is 404 g/mol. The largest absolute Gasteiger partial charge is 0.476 e. The van der Waals surface area contributed by atoms with Gasteiger partial charge in [0.25, 0.3) is 0 Å². The number of aromatic nitrogens is 1. The van der Waals surface area contributed by atoms with Crippen molar-refractivity contribution >= 4 is 52.2 Å². The standard InChI is InChI=1S/C15H15Cl2N3O4S/c1-24-5-4-20(7-13-19-12(8-25-13)14(21)22)15(23)18-9-2-3-10(16)11(17)6-9/h2-3,6,8H,4-5,7H2,1H3,(H,18,23)(H,21,22). The van der Waals surface area contributed by atoms with Crippen LogP contribution in [0.5, 0.6) is 0 Å². The zero-order chi connectivity index (χ0) is 18.4. The first kappa shape index (κ1) is 19.5. The van der Waals surface area contributed by atoms with Crippen LogP contribution in [0.25, 0.3) is 0 Å². The van der Waals surface area contributed by atoms with E-state index in [0.717, 1.165) is 0 Å². The van der Waals surface area contributed by atoms with E-state index in [9.17, 15) is 9.59 Å². The Morgan fingerprint density at radius 3 is 2.72 bits per heavy atom. The molecular formula is C15H15Cl2N3O4S. The summed E-state index contributed by atoms with van der Waals surface area (Å²) in [5.41, 5.74) is 0.448. The summed E-state index contributed by atoms with van der Waals surface area (Å²) in [4.78, 5) is 28.9. The predicted octanol–water partition coefficient (Wildman–Crippen LogP) is 3.83. The lowest BCUT2D eigenvalue weighted by Gasteiger charge is -2.22. The van der Waals surface area contributed by atoms with Gasteiger partial charge in [-0.05, 0) is 18.2 Å². The van der Waals surface area contributed by atoms with Gasteiger partial charge in [-0.1, -0.05) is 23.2 Å². The lowest BCUT2D eigenvalue weighted by atomic mass is 10.3. The quantitative estimate of drug-likeness (QED) is 0.732. The minimum atomic E-state index is -1.11. The molecule has 134 valence electrons. The molecule has 0 bridgehead atoms. The third-order valence-electron chi connectivity index (χ3n) is 3.12. The number of carboxylic acid groups (broad SMARTS) is 1. The first-order valence-electron chi connectivity index (χ1n) is 7.08. The highest BCUT2D eigenvalue weighted by Gasteiger charge is 2.17. The van der Waals surface area contributed by atoms with Gasteiger partial charge in [-0.25, -0.2) is 14.6 Å². The normalized spacial score (nSPS) is 10.5. The van der Waals surface area contributed by atoms with Crippen molar-refractivity contribution in [3.63, 3.8) is 0 Å². The van der Waals surface area contributed by atoms with E-state index in [4.69, 9.17) is 33.0 Å². The Labute approximate surface area is 158 Å². The topological polar surface area (TPSA) is 91.8 Å². The van der Waals surface area contributed by atoms with Crippen LogP contribution in [0.15, 0.2) is 23.6 Å². The number of methoxy groups -OCH3 is 1. The molecule has 0 aliphatic rings. The van der Waals surface area contributed by atoms with Gasteiger partial charge < -0.3 is 20.1 Å². The fourth-order valence-corrected chi connectivity index (χ4v) is 2.96. The highest BCUT2D eigenvalue weighted by Crippen LogP contribution is 2.25. The van der Waals surface area contributed by atoms with Crippen molar-refractivity contribution < 1.29 is 19.4 Å². The van der Waals surface area contributed by atoms with Crippen LogP contribution < -0.4 is 5.32 Å². The van der Waals surface area contributed by atoms with Gasteiger partial charge in [0.15, 0.2) is 5.69 Å². The number of halogens is 2. The van der Waals surface area contributed by atoms with Crippen LogP contribution >= 0.6 is 34.5 Å². The van der Waals surface area contributed by atoms with Crippen molar-refractivity contribution in [1.29, 1.82) is 0 Å². The lowest BCUT2D eigenvalue weighted by Crippen LogP contribution is -2.36. The molecule has 0 unspecified atom stereocenters. The Morgan fingerprint density at radius 1 is 1.36 bits per heavy atom. The predicted molar refractivity (Wildman–Crippen MR) is 96.8 cm³/mol. The SMILES string of the molecule is COCCN(Cc1nc(C(=O)O)cs1)C(=O)Nc1ccc(Cl)c(Cl)c1. The van der Waals surface area contributed by atoms with Gasteiger partial charge in [0.2, 0.25) is 0 Å². The van der Waals surface area contributed by atoms with Crippen LogP contribution in [0.1, 0.15) is 15.5 Å². The molecule has 0 saturated carbocycles. The highest BCUT2D eigenvalue weighted by atomic mass is 35.5. The smallest absolute Gasteiger partial charge is 0.355 e. The number of hydrogen-bond donors (Lipinski definition) is 2. The summed E-state index contributed by atoms with van der Waals surface area (Å²) in [5.74, 6) is -1.11. The van der Waals surface area contributed by atoms with Gasteiger partial charge in [0.1, 0.15) is 5.01 Å². The fraction of sp³-hybridized carbons (Fsp3) is 0.267. The second kappa shape index (κ2) is 9.00. The summed E-state index contributed by atoms with van der Waals surface area (Å²) in [7, 11) is 1.53. The Bertz CT molecular complexity index is 769. The van der Waals surface area contributed by atoms with Crippen molar-refractivity contribution in [1.82, 2.24) is 9.88 Å². The Hall–Kier alpha value is -1.87. The molecule has 1 aromatic heterocycles. The molecule has 10 heteroatoms. The molecule has 1 aromatic carbocycles. The summed E-state index contributed by atoms with van der Waals surface area (Å²) in [6.07, 6.45) is 0. The van der Waals surface area contributed by atoms with E-state index < -0.39 is 5.97 Å². The number of benzene rings is 1. The van der Waals surface area contributed by atoms with Crippen LogP contribution in [0.2, 0.25) is 10.0 Å². The number of urea groups is 1. The van der Waals surface area contributed by atoms with Gasteiger partial charge in [-0.15, -0.1) is 11.3 Å². The minimum Gasteiger partial charge on any atom is -0.476 e. The Morgan fingerprint density at radius 2 is 2.12 bits per heavy atom. The lowest BCUT2D eigenvalue weighted by molar-refractivity contribution is 0.0691. The van der Waals surface area contributed by atoms with Crippen LogP contribution in [0.3, 0.4) is 0 Å². The number of carboxylic acids is 1. The van der Waals surface area contributed by atoms with Crippen molar-refractivity contribution in [2.75, 3.05) is 25.6 Å². The number of carbonyl (C=O) groups excluding carboxylic acids is 1. The van der Waals surface area contributed by atoms with Gasteiger partial charge in [-0.2, -0.15) is 0 Å². The molecule has 1 heterocycles. The maximum absolute atomic E-state index is 12.5. The monoisotopic (exact) mass is 403 g/mol. The summed E-state index contributed by atoms with van der Waals surface area (Å²) in [6.45, 7) is 0.798. The number of thiazole rings is 1. The maximum Gasteiger partial charge on any atom is 0.355 e. The fourth-order valence-electron chi connectivity index (χ4n) is 1.88.